The molecule has 0 saturated heterocycles. The van der Waals surface area contributed by atoms with Gasteiger partial charge in [0.25, 0.3) is 5.56 Å². The number of para-hydroxylation sites is 1. The van der Waals surface area contributed by atoms with Crippen LogP contribution in [0, 0.1) is 6.92 Å². The quantitative estimate of drug-likeness (QED) is 0.598. The molecule has 1 atom stereocenters. The van der Waals surface area contributed by atoms with Gasteiger partial charge >= 0.3 is 7.60 Å². The molecule has 8 heteroatoms. The maximum absolute atomic E-state index is 12.9. The van der Waals surface area contributed by atoms with E-state index in [2.05, 4.69) is 5.32 Å². The van der Waals surface area contributed by atoms with Crippen LogP contribution in [0.1, 0.15) is 17.0 Å². The minimum atomic E-state index is -4.55. The zero-order valence-corrected chi connectivity index (χ0v) is 15.3. The molecule has 26 heavy (non-hydrogen) atoms. The van der Waals surface area contributed by atoms with E-state index in [1.54, 1.807) is 61.1 Å². The molecule has 0 amide bonds. The van der Waals surface area contributed by atoms with E-state index in [1.165, 1.54) is 4.68 Å². The van der Waals surface area contributed by atoms with Gasteiger partial charge in [-0.2, -0.15) is 0 Å². The Morgan fingerprint density at radius 3 is 2.08 bits per heavy atom. The molecule has 3 rings (SSSR count). The largest absolute Gasteiger partial charge is 0.362 e. The summed E-state index contributed by atoms with van der Waals surface area (Å²) in [6.07, 6.45) is 0. The second-order valence-corrected chi connectivity index (χ2v) is 7.68. The maximum atomic E-state index is 12.9. The van der Waals surface area contributed by atoms with E-state index in [9.17, 15) is 19.1 Å². The van der Waals surface area contributed by atoms with Crippen molar-refractivity contribution in [2.75, 3.05) is 5.32 Å². The van der Waals surface area contributed by atoms with Crippen LogP contribution in [0.25, 0.3) is 5.69 Å². The normalized spacial score (nSPS) is 12.8. The van der Waals surface area contributed by atoms with Gasteiger partial charge in [0.05, 0.1) is 11.4 Å². The van der Waals surface area contributed by atoms with E-state index < -0.39 is 13.4 Å². The highest BCUT2D eigenvalue weighted by molar-refractivity contribution is 7.52. The van der Waals surface area contributed by atoms with E-state index in [0.717, 1.165) is 0 Å². The lowest BCUT2D eigenvalue weighted by Gasteiger charge is -2.20. The summed E-state index contributed by atoms with van der Waals surface area (Å²) in [6.45, 7) is 1.73. The van der Waals surface area contributed by atoms with E-state index in [1.807, 2.05) is 18.2 Å². The fourth-order valence-corrected chi connectivity index (χ4v) is 3.73. The standard InChI is InChI=1S/C18H20N3O4P/c1-13-16(18(22)21(20(13)2)15-11-7-4-8-12-15)19-17(26(23,24)25)14-9-5-3-6-10-14/h3-12,17,19H,1-2H3,(H2,23,24,25). The summed E-state index contributed by atoms with van der Waals surface area (Å²) in [4.78, 5) is 32.5. The molecule has 0 saturated carbocycles. The monoisotopic (exact) mass is 373 g/mol. The van der Waals surface area contributed by atoms with Crippen molar-refractivity contribution in [1.29, 1.82) is 0 Å². The summed E-state index contributed by atoms with van der Waals surface area (Å²) in [6, 6.07) is 17.5. The van der Waals surface area contributed by atoms with Crippen molar-refractivity contribution < 1.29 is 14.4 Å². The van der Waals surface area contributed by atoms with Gasteiger partial charge < -0.3 is 15.1 Å². The van der Waals surface area contributed by atoms with Gasteiger partial charge in [-0.15, -0.1) is 0 Å². The van der Waals surface area contributed by atoms with Crippen molar-refractivity contribution in [1.82, 2.24) is 9.36 Å². The average Bonchev–Trinajstić information content (AvgIpc) is 2.83. The van der Waals surface area contributed by atoms with Gasteiger partial charge in [-0.25, -0.2) is 4.68 Å². The zero-order chi connectivity index (χ0) is 18.9. The first-order valence-corrected chi connectivity index (χ1v) is 9.69. The number of rotatable bonds is 5. The molecular formula is C18H20N3O4P. The number of aromatic nitrogens is 2. The predicted octanol–water partition coefficient (Wildman–Crippen LogP) is 2.77. The Hall–Kier alpha value is -2.60. The molecule has 0 radical (unpaired) electrons. The van der Waals surface area contributed by atoms with Crippen LogP contribution < -0.4 is 10.9 Å². The minimum Gasteiger partial charge on any atom is -0.362 e. The molecule has 1 heterocycles. The SMILES string of the molecule is Cc1c(NC(c2ccccc2)P(=O)(O)O)c(=O)n(-c2ccccc2)n1C. The summed E-state index contributed by atoms with van der Waals surface area (Å²) < 4.78 is 15.1. The van der Waals surface area contributed by atoms with E-state index in [4.69, 9.17) is 0 Å². The van der Waals surface area contributed by atoms with E-state index >= 15 is 0 Å². The van der Waals surface area contributed by atoms with Crippen molar-refractivity contribution in [2.45, 2.75) is 12.7 Å². The smallest absolute Gasteiger partial charge is 0.352 e. The fraction of sp³-hybridized carbons (Fsp3) is 0.167. The molecule has 3 aromatic rings. The highest BCUT2D eigenvalue weighted by Gasteiger charge is 2.32. The molecule has 1 aromatic heterocycles. The van der Waals surface area contributed by atoms with Crippen molar-refractivity contribution in [3.8, 4) is 5.69 Å². The summed E-state index contributed by atoms with van der Waals surface area (Å²) in [5, 5.41) is 2.79. The van der Waals surface area contributed by atoms with Gasteiger partial charge in [-0.3, -0.25) is 14.0 Å². The molecule has 1 unspecified atom stereocenters. The molecule has 0 aliphatic carbocycles. The Labute approximate surface area is 150 Å². The number of hydrogen-bond acceptors (Lipinski definition) is 3. The van der Waals surface area contributed by atoms with Gasteiger partial charge in [0.15, 0.2) is 5.78 Å². The van der Waals surface area contributed by atoms with Crippen molar-refractivity contribution in [2.24, 2.45) is 7.05 Å². The molecular weight excluding hydrogens is 353 g/mol. The number of nitrogens with one attached hydrogen (secondary N) is 1. The summed E-state index contributed by atoms with van der Waals surface area (Å²) in [7, 11) is -2.82. The Balaban J connectivity index is 2.10. The third-order valence-electron chi connectivity index (χ3n) is 4.29. The first-order valence-electron chi connectivity index (χ1n) is 8.01. The van der Waals surface area contributed by atoms with Crippen LogP contribution in [-0.2, 0) is 11.6 Å². The highest BCUT2D eigenvalue weighted by atomic mass is 31.2. The third kappa shape index (κ3) is 3.37. The van der Waals surface area contributed by atoms with E-state index in [0.29, 0.717) is 16.9 Å². The lowest BCUT2D eigenvalue weighted by Crippen LogP contribution is -2.22. The van der Waals surface area contributed by atoms with Gasteiger partial charge in [-0.1, -0.05) is 48.5 Å². The predicted molar refractivity (Wildman–Crippen MR) is 101 cm³/mol. The molecule has 136 valence electrons. The number of anilines is 1. The molecule has 0 fully saturated rings. The first kappa shape index (κ1) is 18.2. The zero-order valence-electron chi connectivity index (χ0n) is 14.4. The summed E-state index contributed by atoms with van der Waals surface area (Å²) in [5.74, 6) is -1.30. The molecule has 0 bridgehead atoms. The molecule has 0 aliphatic rings. The lowest BCUT2D eigenvalue weighted by molar-refractivity contribution is 0.363. The Bertz CT molecular complexity index is 1010. The number of hydrogen-bond donors (Lipinski definition) is 3. The summed E-state index contributed by atoms with van der Waals surface area (Å²) >= 11 is 0. The van der Waals surface area contributed by atoms with Gasteiger partial charge in [-0.05, 0) is 24.6 Å². The Morgan fingerprint density at radius 1 is 1.00 bits per heavy atom. The van der Waals surface area contributed by atoms with E-state index in [-0.39, 0.29) is 11.2 Å². The van der Waals surface area contributed by atoms with Crippen molar-refractivity contribution >= 4 is 13.3 Å². The lowest BCUT2D eigenvalue weighted by atomic mass is 10.2. The van der Waals surface area contributed by atoms with Gasteiger partial charge in [0.2, 0.25) is 0 Å². The Morgan fingerprint density at radius 2 is 1.54 bits per heavy atom. The van der Waals surface area contributed by atoms with Crippen molar-refractivity contribution in [3.05, 3.63) is 82.3 Å². The van der Waals surface area contributed by atoms with Crippen molar-refractivity contribution in [3.63, 3.8) is 0 Å². The molecule has 2 aromatic carbocycles. The summed E-state index contributed by atoms with van der Waals surface area (Å²) in [5.41, 5.74) is 1.45. The molecule has 3 N–H and O–H groups in total. The number of benzene rings is 2. The fourth-order valence-electron chi connectivity index (χ4n) is 2.87. The first-order chi connectivity index (χ1) is 12.3. The Kier molecular flexibility index (Phi) is 4.87. The second kappa shape index (κ2) is 6.96. The molecule has 0 spiro atoms. The van der Waals surface area contributed by atoms with Crippen LogP contribution in [0.3, 0.4) is 0 Å². The number of nitrogens with zero attached hydrogens (tertiary/aromatic N) is 2. The van der Waals surface area contributed by atoms with Crippen LogP contribution in [0.15, 0.2) is 65.5 Å². The average molecular weight is 373 g/mol. The van der Waals surface area contributed by atoms with Crippen LogP contribution in [-0.4, -0.2) is 19.2 Å². The van der Waals surface area contributed by atoms with Gasteiger partial charge in [0, 0.05) is 7.05 Å². The topological polar surface area (TPSA) is 96.5 Å². The molecule has 7 nitrogen and oxygen atoms in total. The highest BCUT2D eigenvalue weighted by Crippen LogP contribution is 2.51. The van der Waals surface area contributed by atoms with Gasteiger partial charge in [0.1, 0.15) is 5.69 Å². The van der Waals surface area contributed by atoms with Crippen LogP contribution in [0.4, 0.5) is 5.69 Å². The van der Waals surface area contributed by atoms with Crippen LogP contribution >= 0.6 is 7.60 Å². The van der Waals surface area contributed by atoms with Crippen LogP contribution in [0.2, 0.25) is 0 Å². The second-order valence-electron chi connectivity index (χ2n) is 5.98. The third-order valence-corrected chi connectivity index (χ3v) is 5.39. The minimum absolute atomic E-state index is 0.161. The van der Waals surface area contributed by atoms with Crippen LogP contribution in [0.5, 0.6) is 0 Å². The maximum Gasteiger partial charge on any atom is 0.352 e. The molecule has 0 aliphatic heterocycles.